The molecule has 0 aromatic carbocycles. The van der Waals surface area contributed by atoms with Gasteiger partial charge in [-0.05, 0) is 32.2 Å². The molecule has 2 heterocycles. The summed E-state index contributed by atoms with van der Waals surface area (Å²) in [6.07, 6.45) is 6.59. The lowest BCUT2D eigenvalue weighted by atomic mass is 9.91. The van der Waals surface area contributed by atoms with Gasteiger partial charge in [0.1, 0.15) is 0 Å². The van der Waals surface area contributed by atoms with Crippen molar-refractivity contribution in [2.75, 3.05) is 13.1 Å². The number of nitrogens with two attached hydrogens (primary N) is 1. The molecule has 1 aliphatic heterocycles. The number of likely N-dealkylation sites (tertiary alicyclic amines) is 1. The third-order valence-corrected chi connectivity index (χ3v) is 3.92. The Morgan fingerprint density at radius 2 is 2.29 bits per heavy atom. The summed E-state index contributed by atoms with van der Waals surface area (Å²) in [6, 6.07) is 0.943. The van der Waals surface area contributed by atoms with Gasteiger partial charge in [0, 0.05) is 31.4 Å². The van der Waals surface area contributed by atoms with E-state index in [-0.39, 0.29) is 0 Å². The molecule has 2 N–H and O–H groups in total. The average Bonchev–Trinajstić information content (AvgIpc) is 2.69. The first-order chi connectivity index (χ1) is 8.11. The van der Waals surface area contributed by atoms with E-state index in [4.69, 9.17) is 5.73 Å². The van der Waals surface area contributed by atoms with E-state index in [1.54, 1.807) is 0 Å². The van der Waals surface area contributed by atoms with Crippen LogP contribution >= 0.6 is 0 Å². The predicted molar refractivity (Wildman–Crippen MR) is 69.6 cm³/mol. The first kappa shape index (κ1) is 12.6. The highest BCUT2D eigenvalue weighted by Crippen LogP contribution is 2.30. The van der Waals surface area contributed by atoms with Crippen molar-refractivity contribution >= 4 is 0 Å². The molecule has 3 unspecified atom stereocenters. The minimum absolute atomic E-state index is 0.325. The van der Waals surface area contributed by atoms with Gasteiger partial charge in [0.2, 0.25) is 0 Å². The van der Waals surface area contributed by atoms with Gasteiger partial charge in [-0.2, -0.15) is 5.10 Å². The maximum atomic E-state index is 5.96. The third-order valence-electron chi connectivity index (χ3n) is 3.92. The minimum atomic E-state index is 0.325. The lowest BCUT2D eigenvalue weighted by Gasteiger charge is -2.41. The molecule has 0 aliphatic carbocycles. The van der Waals surface area contributed by atoms with E-state index in [0.717, 1.165) is 12.5 Å². The molecule has 0 saturated carbocycles. The van der Waals surface area contributed by atoms with Crippen molar-refractivity contribution < 1.29 is 0 Å². The summed E-state index contributed by atoms with van der Waals surface area (Å²) < 4.78 is 1.86. The standard InChI is InChI=1S/C13H24N4/c1-10-4-5-17(11(2)6-10)13(7-14)12-8-15-16(3)9-12/h8-11,13H,4-7,14H2,1-3H3. The summed E-state index contributed by atoms with van der Waals surface area (Å²) in [7, 11) is 1.96. The van der Waals surface area contributed by atoms with Gasteiger partial charge >= 0.3 is 0 Å². The van der Waals surface area contributed by atoms with E-state index in [1.165, 1.54) is 18.4 Å². The lowest BCUT2D eigenvalue weighted by Crippen LogP contribution is -2.44. The SMILES string of the molecule is CC1CCN(C(CN)c2cnn(C)c2)C(C)C1. The minimum Gasteiger partial charge on any atom is -0.329 e. The Morgan fingerprint density at radius 1 is 1.53 bits per heavy atom. The Hall–Kier alpha value is -0.870. The van der Waals surface area contributed by atoms with Crippen LogP contribution in [-0.2, 0) is 7.05 Å². The molecule has 17 heavy (non-hydrogen) atoms. The van der Waals surface area contributed by atoms with Crippen LogP contribution in [0.5, 0.6) is 0 Å². The van der Waals surface area contributed by atoms with Crippen LogP contribution in [0.15, 0.2) is 12.4 Å². The number of nitrogens with zero attached hydrogens (tertiary/aromatic N) is 3. The second kappa shape index (κ2) is 5.19. The van der Waals surface area contributed by atoms with Crippen molar-refractivity contribution in [3.63, 3.8) is 0 Å². The van der Waals surface area contributed by atoms with Crippen LogP contribution in [0, 0.1) is 5.92 Å². The molecule has 1 fully saturated rings. The first-order valence-corrected chi connectivity index (χ1v) is 6.56. The van der Waals surface area contributed by atoms with Crippen molar-refractivity contribution in [1.29, 1.82) is 0 Å². The smallest absolute Gasteiger partial charge is 0.0538 e. The largest absolute Gasteiger partial charge is 0.329 e. The molecule has 0 amide bonds. The number of hydrogen-bond acceptors (Lipinski definition) is 3. The zero-order valence-electron chi connectivity index (χ0n) is 11.1. The molecule has 1 saturated heterocycles. The molecule has 3 atom stereocenters. The number of rotatable bonds is 3. The fourth-order valence-corrected chi connectivity index (χ4v) is 2.96. The van der Waals surface area contributed by atoms with Gasteiger partial charge in [-0.15, -0.1) is 0 Å². The summed E-state index contributed by atoms with van der Waals surface area (Å²) in [5.74, 6) is 0.841. The van der Waals surface area contributed by atoms with E-state index in [9.17, 15) is 0 Å². The predicted octanol–water partition coefficient (Wildman–Crippen LogP) is 1.54. The molecule has 1 aliphatic rings. The van der Waals surface area contributed by atoms with Crippen molar-refractivity contribution in [3.05, 3.63) is 18.0 Å². The Labute approximate surface area is 104 Å². The summed E-state index contributed by atoms with van der Waals surface area (Å²) in [6.45, 7) is 6.48. The second-order valence-corrected chi connectivity index (χ2v) is 5.42. The van der Waals surface area contributed by atoms with Crippen LogP contribution in [-0.4, -0.2) is 33.8 Å². The van der Waals surface area contributed by atoms with Gasteiger partial charge < -0.3 is 5.73 Å². The number of aromatic nitrogens is 2. The zero-order chi connectivity index (χ0) is 12.4. The molecule has 0 radical (unpaired) electrons. The highest BCUT2D eigenvalue weighted by atomic mass is 15.3. The number of aryl methyl sites for hydroxylation is 1. The number of hydrogen-bond donors (Lipinski definition) is 1. The Morgan fingerprint density at radius 3 is 2.82 bits per heavy atom. The summed E-state index contributed by atoms with van der Waals surface area (Å²) in [5, 5.41) is 4.25. The van der Waals surface area contributed by atoms with E-state index < -0.39 is 0 Å². The molecule has 4 nitrogen and oxygen atoms in total. The topological polar surface area (TPSA) is 47.1 Å². The molecule has 0 bridgehead atoms. The van der Waals surface area contributed by atoms with Gasteiger partial charge in [-0.1, -0.05) is 6.92 Å². The fourth-order valence-electron chi connectivity index (χ4n) is 2.96. The van der Waals surface area contributed by atoms with Gasteiger partial charge in [-0.3, -0.25) is 9.58 Å². The Balaban J connectivity index is 2.13. The lowest BCUT2D eigenvalue weighted by molar-refractivity contribution is 0.0847. The van der Waals surface area contributed by atoms with Crippen LogP contribution in [0.1, 0.15) is 38.3 Å². The van der Waals surface area contributed by atoms with Crippen LogP contribution in [0.25, 0.3) is 0 Å². The van der Waals surface area contributed by atoms with Crippen molar-refractivity contribution in [2.45, 2.75) is 38.8 Å². The normalized spacial score (nSPS) is 28.2. The summed E-state index contributed by atoms with van der Waals surface area (Å²) in [4.78, 5) is 2.54. The van der Waals surface area contributed by atoms with E-state index in [1.807, 2.05) is 17.9 Å². The Bertz CT molecular complexity index is 360. The van der Waals surface area contributed by atoms with Crippen LogP contribution in [0.4, 0.5) is 0 Å². The van der Waals surface area contributed by atoms with Gasteiger partial charge in [0.05, 0.1) is 12.2 Å². The molecular weight excluding hydrogens is 212 g/mol. The van der Waals surface area contributed by atoms with E-state index >= 15 is 0 Å². The third kappa shape index (κ3) is 2.69. The molecule has 0 spiro atoms. The van der Waals surface area contributed by atoms with Gasteiger partial charge in [0.15, 0.2) is 0 Å². The van der Waals surface area contributed by atoms with Crippen molar-refractivity contribution in [2.24, 2.45) is 18.7 Å². The highest BCUT2D eigenvalue weighted by molar-refractivity contribution is 5.12. The monoisotopic (exact) mass is 236 g/mol. The Kier molecular flexibility index (Phi) is 3.84. The molecule has 2 rings (SSSR count). The van der Waals surface area contributed by atoms with E-state index in [2.05, 4.69) is 30.0 Å². The second-order valence-electron chi connectivity index (χ2n) is 5.42. The summed E-state index contributed by atoms with van der Waals surface area (Å²) in [5.41, 5.74) is 7.21. The maximum Gasteiger partial charge on any atom is 0.0538 e. The quantitative estimate of drug-likeness (QED) is 0.866. The van der Waals surface area contributed by atoms with Gasteiger partial charge in [-0.25, -0.2) is 0 Å². The van der Waals surface area contributed by atoms with Crippen molar-refractivity contribution in [1.82, 2.24) is 14.7 Å². The molecular formula is C13H24N4. The molecule has 1 aromatic heterocycles. The highest BCUT2D eigenvalue weighted by Gasteiger charge is 2.29. The maximum absolute atomic E-state index is 5.96. The first-order valence-electron chi connectivity index (χ1n) is 6.56. The van der Waals surface area contributed by atoms with Crippen LogP contribution in [0.3, 0.4) is 0 Å². The number of piperidine rings is 1. The summed E-state index contributed by atoms with van der Waals surface area (Å²) >= 11 is 0. The average molecular weight is 236 g/mol. The molecule has 1 aromatic rings. The van der Waals surface area contributed by atoms with E-state index in [0.29, 0.717) is 18.6 Å². The van der Waals surface area contributed by atoms with Gasteiger partial charge in [0.25, 0.3) is 0 Å². The fraction of sp³-hybridized carbons (Fsp3) is 0.769. The molecule has 96 valence electrons. The van der Waals surface area contributed by atoms with Crippen LogP contribution < -0.4 is 5.73 Å². The molecule has 4 heteroatoms. The van der Waals surface area contributed by atoms with Crippen molar-refractivity contribution in [3.8, 4) is 0 Å². The zero-order valence-corrected chi connectivity index (χ0v) is 11.1. The van der Waals surface area contributed by atoms with Crippen LogP contribution in [0.2, 0.25) is 0 Å².